The highest BCUT2D eigenvalue weighted by Gasteiger charge is 2.27. The summed E-state index contributed by atoms with van der Waals surface area (Å²) in [5.41, 5.74) is 2.78. The molecule has 0 aliphatic carbocycles. The van der Waals surface area contributed by atoms with Gasteiger partial charge >= 0.3 is 0 Å². The summed E-state index contributed by atoms with van der Waals surface area (Å²) >= 11 is 1.56. The molecule has 0 aromatic carbocycles. The van der Waals surface area contributed by atoms with Crippen LogP contribution in [0.1, 0.15) is 17.5 Å². The second-order valence-corrected chi connectivity index (χ2v) is 5.03. The van der Waals surface area contributed by atoms with Crippen LogP contribution in [0.25, 0.3) is 0 Å². The summed E-state index contributed by atoms with van der Waals surface area (Å²) in [4.78, 5) is 17.2. The van der Waals surface area contributed by atoms with Crippen LogP contribution in [0.3, 0.4) is 0 Å². The van der Waals surface area contributed by atoms with E-state index in [-0.39, 0.29) is 42.9 Å². The lowest BCUT2D eigenvalue weighted by Crippen LogP contribution is -2.55. The van der Waals surface area contributed by atoms with Crippen LogP contribution in [0.15, 0.2) is 5.51 Å². The second-order valence-electron chi connectivity index (χ2n) is 4.09. The first-order valence-corrected chi connectivity index (χ1v) is 6.58. The predicted molar refractivity (Wildman–Crippen MR) is 80.4 cm³/mol. The average Bonchev–Trinajstić information content (AvgIpc) is 2.72. The number of ether oxygens (including phenoxy) is 1. The largest absolute Gasteiger partial charge is 0.375 e. The zero-order valence-corrected chi connectivity index (χ0v) is 13.3. The maximum Gasteiger partial charge on any atom is 0.240 e. The van der Waals surface area contributed by atoms with Crippen molar-refractivity contribution in [1.82, 2.24) is 15.6 Å². The van der Waals surface area contributed by atoms with Crippen molar-refractivity contribution in [1.29, 1.82) is 0 Å². The molecule has 1 aliphatic heterocycles. The van der Waals surface area contributed by atoms with Crippen molar-refractivity contribution >= 4 is 42.1 Å². The number of aromatic nitrogens is 1. The number of hydrogen-bond acceptors (Lipinski definition) is 5. The predicted octanol–water partition coefficient (Wildman–Crippen LogP) is 1.29. The minimum absolute atomic E-state index is 0. The minimum Gasteiger partial charge on any atom is -0.375 e. The number of hydrogen-bond donors (Lipinski definition) is 2. The Hall–Kier alpha value is -0.400. The molecule has 5 nitrogen and oxygen atoms in total. The molecular weight excluding hydrogens is 309 g/mol. The first-order chi connectivity index (χ1) is 8.18. The van der Waals surface area contributed by atoms with Gasteiger partial charge in [-0.15, -0.1) is 36.2 Å². The number of morpholine rings is 1. The molecule has 2 atom stereocenters. The molecule has 1 fully saturated rings. The first-order valence-electron chi connectivity index (χ1n) is 5.70. The molecule has 1 amide bonds. The van der Waals surface area contributed by atoms with Gasteiger partial charge in [0.05, 0.1) is 30.5 Å². The van der Waals surface area contributed by atoms with Gasteiger partial charge in [0.15, 0.2) is 0 Å². The third-order valence-corrected chi connectivity index (χ3v) is 3.80. The van der Waals surface area contributed by atoms with Gasteiger partial charge in [-0.3, -0.25) is 4.79 Å². The van der Waals surface area contributed by atoms with Gasteiger partial charge in [-0.2, -0.15) is 0 Å². The van der Waals surface area contributed by atoms with Gasteiger partial charge < -0.3 is 15.4 Å². The van der Waals surface area contributed by atoms with Crippen molar-refractivity contribution in [2.75, 3.05) is 13.2 Å². The maximum absolute atomic E-state index is 11.9. The zero-order chi connectivity index (χ0) is 12.3. The fourth-order valence-corrected chi connectivity index (χ4v) is 2.52. The Labute approximate surface area is 129 Å². The summed E-state index contributed by atoms with van der Waals surface area (Å²) < 4.78 is 5.44. The molecule has 2 N–H and O–H groups in total. The summed E-state index contributed by atoms with van der Waals surface area (Å²) in [5.74, 6) is -0.00926. The monoisotopic (exact) mass is 327 g/mol. The third kappa shape index (κ3) is 4.89. The standard InChI is InChI=1S/C11H17N3O2S.2ClH/c1-7-9(17-6-14-7)5-13-11(15)10-8(2)16-4-3-12-10;;/h6,8,10,12H,3-5H2,1-2H3,(H,13,15);2*1H/t8-,10+;;/m1../s1. The highest BCUT2D eigenvalue weighted by molar-refractivity contribution is 7.09. The van der Waals surface area contributed by atoms with E-state index in [1.807, 2.05) is 13.8 Å². The van der Waals surface area contributed by atoms with Gasteiger partial charge in [-0.05, 0) is 13.8 Å². The van der Waals surface area contributed by atoms with Crippen molar-refractivity contribution in [3.05, 3.63) is 16.1 Å². The zero-order valence-electron chi connectivity index (χ0n) is 10.8. The fourth-order valence-electron chi connectivity index (χ4n) is 1.80. The first kappa shape index (κ1) is 18.6. The van der Waals surface area contributed by atoms with E-state index in [0.717, 1.165) is 17.1 Å². The van der Waals surface area contributed by atoms with Gasteiger partial charge in [0.1, 0.15) is 6.04 Å². The number of nitrogens with zero attached hydrogens (tertiary/aromatic N) is 1. The van der Waals surface area contributed by atoms with Gasteiger partial charge in [0.25, 0.3) is 0 Å². The van der Waals surface area contributed by atoms with Crippen LogP contribution in [0.4, 0.5) is 0 Å². The SMILES string of the molecule is Cc1ncsc1CNC(=O)[C@H]1NCCO[C@@H]1C.Cl.Cl. The van der Waals surface area contributed by atoms with Gasteiger partial charge in [0, 0.05) is 11.4 Å². The molecule has 1 aromatic heterocycles. The topological polar surface area (TPSA) is 63.2 Å². The van der Waals surface area contributed by atoms with Crippen molar-refractivity contribution < 1.29 is 9.53 Å². The number of aryl methyl sites for hydroxylation is 1. The van der Waals surface area contributed by atoms with Crippen LogP contribution in [0, 0.1) is 6.92 Å². The molecular formula is C11H19Cl2N3O2S. The molecule has 0 radical (unpaired) electrons. The molecule has 2 heterocycles. The highest BCUT2D eigenvalue weighted by atomic mass is 35.5. The Morgan fingerprint density at radius 2 is 2.37 bits per heavy atom. The van der Waals surface area contributed by atoms with Crippen LogP contribution in [0.2, 0.25) is 0 Å². The average molecular weight is 328 g/mol. The van der Waals surface area contributed by atoms with E-state index in [4.69, 9.17) is 4.74 Å². The third-order valence-electron chi connectivity index (χ3n) is 2.87. The lowest BCUT2D eigenvalue weighted by Gasteiger charge is -2.29. The Morgan fingerprint density at radius 3 is 2.95 bits per heavy atom. The van der Waals surface area contributed by atoms with E-state index in [1.54, 1.807) is 16.8 Å². The van der Waals surface area contributed by atoms with Gasteiger partial charge in [0.2, 0.25) is 5.91 Å². The van der Waals surface area contributed by atoms with Crippen LogP contribution >= 0.6 is 36.2 Å². The number of nitrogens with one attached hydrogen (secondary N) is 2. The summed E-state index contributed by atoms with van der Waals surface area (Å²) in [6.45, 7) is 5.79. The van der Waals surface area contributed by atoms with Crippen LogP contribution in [-0.4, -0.2) is 36.2 Å². The van der Waals surface area contributed by atoms with Crippen molar-refractivity contribution in [3.8, 4) is 0 Å². The number of rotatable bonds is 3. The van der Waals surface area contributed by atoms with Gasteiger partial charge in [-0.25, -0.2) is 4.98 Å². The number of halogens is 2. The lowest BCUT2D eigenvalue weighted by molar-refractivity contribution is -0.129. The van der Waals surface area contributed by atoms with E-state index in [0.29, 0.717) is 13.2 Å². The molecule has 0 spiro atoms. The van der Waals surface area contributed by atoms with Crippen LogP contribution in [0.5, 0.6) is 0 Å². The van der Waals surface area contributed by atoms with Crippen molar-refractivity contribution in [2.24, 2.45) is 0 Å². The van der Waals surface area contributed by atoms with E-state index in [9.17, 15) is 4.79 Å². The Bertz CT molecular complexity index is 403. The molecule has 0 bridgehead atoms. The lowest BCUT2D eigenvalue weighted by atomic mass is 10.1. The summed E-state index contributed by atoms with van der Waals surface area (Å²) in [6.07, 6.45) is -0.0775. The summed E-state index contributed by atoms with van der Waals surface area (Å²) in [5, 5.41) is 6.08. The molecule has 0 saturated carbocycles. The molecule has 1 aliphatic rings. The normalized spacial score (nSPS) is 22.0. The second kappa shape index (κ2) is 8.71. The number of amides is 1. The van der Waals surface area contributed by atoms with Crippen LogP contribution in [-0.2, 0) is 16.1 Å². The van der Waals surface area contributed by atoms with E-state index >= 15 is 0 Å². The van der Waals surface area contributed by atoms with E-state index in [2.05, 4.69) is 15.6 Å². The Morgan fingerprint density at radius 1 is 1.63 bits per heavy atom. The Balaban J connectivity index is 0.00000162. The van der Waals surface area contributed by atoms with E-state index < -0.39 is 0 Å². The van der Waals surface area contributed by atoms with Crippen molar-refractivity contribution in [2.45, 2.75) is 32.5 Å². The minimum atomic E-state index is -0.253. The molecule has 1 saturated heterocycles. The fraction of sp³-hybridized carbons (Fsp3) is 0.636. The number of carbonyl (C=O) groups is 1. The van der Waals surface area contributed by atoms with E-state index in [1.165, 1.54) is 0 Å². The van der Waals surface area contributed by atoms with Crippen molar-refractivity contribution in [3.63, 3.8) is 0 Å². The number of carbonyl (C=O) groups excluding carboxylic acids is 1. The molecule has 2 rings (SSSR count). The Kier molecular flexibility index (Phi) is 8.52. The molecule has 1 aromatic rings. The van der Waals surface area contributed by atoms with Crippen LogP contribution < -0.4 is 10.6 Å². The molecule has 0 unspecified atom stereocenters. The molecule has 19 heavy (non-hydrogen) atoms. The molecule has 110 valence electrons. The van der Waals surface area contributed by atoms with Gasteiger partial charge in [-0.1, -0.05) is 0 Å². The highest BCUT2D eigenvalue weighted by Crippen LogP contribution is 2.11. The smallest absolute Gasteiger partial charge is 0.240 e. The molecule has 8 heteroatoms. The summed E-state index contributed by atoms with van der Waals surface area (Å²) in [6, 6.07) is -0.253. The number of thiazole rings is 1. The summed E-state index contributed by atoms with van der Waals surface area (Å²) in [7, 11) is 0. The maximum atomic E-state index is 11.9. The quantitative estimate of drug-likeness (QED) is 0.878.